The molecule has 7 heteroatoms. The second kappa shape index (κ2) is 9.92. The highest BCUT2D eigenvalue weighted by Crippen LogP contribution is 2.23. The van der Waals surface area contributed by atoms with Crippen molar-refractivity contribution >= 4 is 29.1 Å². The summed E-state index contributed by atoms with van der Waals surface area (Å²) in [5.41, 5.74) is 2.02. The van der Waals surface area contributed by atoms with Crippen LogP contribution in [0.25, 0.3) is 0 Å². The van der Waals surface area contributed by atoms with Gasteiger partial charge in [-0.25, -0.2) is 4.98 Å². The summed E-state index contributed by atoms with van der Waals surface area (Å²) in [6, 6.07) is 17.8. The van der Waals surface area contributed by atoms with E-state index in [1.54, 1.807) is 6.20 Å². The molecule has 2 aromatic carbocycles. The molecule has 0 fully saturated rings. The molecule has 3 aromatic rings. The Kier molecular flexibility index (Phi) is 7.06. The van der Waals surface area contributed by atoms with Crippen LogP contribution in [0, 0.1) is 0 Å². The summed E-state index contributed by atoms with van der Waals surface area (Å²) >= 11 is 6.22. The number of halogens is 1. The van der Waals surface area contributed by atoms with E-state index < -0.39 is 0 Å². The highest BCUT2D eigenvalue weighted by molar-refractivity contribution is 6.32. The van der Waals surface area contributed by atoms with Crippen LogP contribution in [-0.2, 0) is 6.54 Å². The standard InChI is InChI=1S/C21H24ClN5O/c1-27(2)12-13-28-18-10-8-17(9-11-18)25-21-24-15-19(22)20(26-21)23-14-16-6-4-3-5-7-16/h3-11,15H,12-14H2,1-2H3,(H2,23,24,25,26). The van der Waals surface area contributed by atoms with Crippen LogP contribution in [0.5, 0.6) is 5.75 Å². The minimum atomic E-state index is 0.473. The number of nitrogens with zero attached hydrogens (tertiary/aromatic N) is 3. The maximum absolute atomic E-state index is 6.22. The Morgan fingerprint density at radius 2 is 1.79 bits per heavy atom. The van der Waals surface area contributed by atoms with Crippen molar-refractivity contribution in [2.24, 2.45) is 0 Å². The van der Waals surface area contributed by atoms with Crippen molar-refractivity contribution in [1.29, 1.82) is 0 Å². The molecule has 0 radical (unpaired) electrons. The summed E-state index contributed by atoms with van der Waals surface area (Å²) in [5.74, 6) is 1.89. The molecule has 28 heavy (non-hydrogen) atoms. The van der Waals surface area contributed by atoms with Crippen molar-refractivity contribution < 1.29 is 4.74 Å². The van der Waals surface area contributed by atoms with Gasteiger partial charge in [0, 0.05) is 18.8 Å². The Bertz CT molecular complexity index is 872. The van der Waals surface area contributed by atoms with Crippen molar-refractivity contribution in [2.45, 2.75) is 6.54 Å². The fraction of sp³-hybridized carbons (Fsp3) is 0.238. The van der Waals surface area contributed by atoms with Crippen LogP contribution in [0.4, 0.5) is 17.5 Å². The Morgan fingerprint density at radius 1 is 1.04 bits per heavy atom. The third kappa shape index (κ3) is 6.11. The number of benzene rings is 2. The Hall–Kier alpha value is -2.83. The van der Waals surface area contributed by atoms with Gasteiger partial charge in [-0.1, -0.05) is 41.9 Å². The molecule has 0 bridgehead atoms. The van der Waals surface area contributed by atoms with Gasteiger partial charge in [0.1, 0.15) is 17.4 Å². The van der Waals surface area contributed by atoms with Crippen LogP contribution in [0.2, 0.25) is 5.02 Å². The lowest BCUT2D eigenvalue weighted by atomic mass is 10.2. The molecular formula is C21H24ClN5O. The van der Waals surface area contributed by atoms with Gasteiger partial charge in [-0.05, 0) is 43.9 Å². The second-order valence-electron chi connectivity index (χ2n) is 6.53. The summed E-state index contributed by atoms with van der Waals surface area (Å²) < 4.78 is 5.70. The van der Waals surface area contributed by atoms with Crippen molar-refractivity contribution in [1.82, 2.24) is 14.9 Å². The molecule has 146 valence electrons. The van der Waals surface area contributed by atoms with Gasteiger partial charge >= 0.3 is 0 Å². The van der Waals surface area contributed by atoms with E-state index >= 15 is 0 Å². The molecule has 0 aliphatic rings. The number of likely N-dealkylation sites (N-methyl/N-ethyl adjacent to an activating group) is 1. The molecule has 0 aliphatic carbocycles. The van der Waals surface area contributed by atoms with E-state index in [0.717, 1.165) is 23.5 Å². The molecule has 0 saturated heterocycles. The van der Waals surface area contributed by atoms with Crippen LogP contribution < -0.4 is 15.4 Å². The lowest BCUT2D eigenvalue weighted by Crippen LogP contribution is -2.19. The number of aromatic nitrogens is 2. The van der Waals surface area contributed by atoms with E-state index in [1.165, 1.54) is 0 Å². The molecule has 6 nitrogen and oxygen atoms in total. The molecule has 1 heterocycles. The minimum Gasteiger partial charge on any atom is -0.492 e. The lowest BCUT2D eigenvalue weighted by Gasteiger charge is -2.12. The fourth-order valence-corrected chi connectivity index (χ4v) is 2.60. The summed E-state index contributed by atoms with van der Waals surface area (Å²) in [5, 5.41) is 6.91. The number of hydrogen-bond acceptors (Lipinski definition) is 6. The van der Waals surface area contributed by atoms with Gasteiger partial charge in [-0.2, -0.15) is 4.98 Å². The predicted octanol–water partition coefficient (Wildman–Crippen LogP) is 4.43. The first-order valence-corrected chi connectivity index (χ1v) is 9.43. The van der Waals surface area contributed by atoms with Crippen LogP contribution in [0.3, 0.4) is 0 Å². The van der Waals surface area contributed by atoms with E-state index in [-0.39, 0.29) is 0 Å². The summed E-state index contributed by atoms with van der Waals surface area (Å²) in [6.07, 6.45) is 1.59. The smallest absolute Gasteiger partial charge is 0.229 e. The van der Waals surface area contributed by atoms with Crippen molar-refractivity contribution in [2.75, 3.05) is 37.9 Å². The SMILES string of the molecule is CN(C)CCOc1ccc(Nc2ncc(Cl)c(NCc3ccccc3)n2)cc1. The van der Waals surface area contributed by atoms with Crippen LogP contribution >= 0.6 is 11.6 Å². The van der Waals surface area contributed by atoms with Gasteiger partial charge in [-0.15, -0.1) is 0 Å². The number of rotatable bonds is 9. The number of anilines is 3. The maximum atomic E-state index is 6.22. The molecule has 0 saturated carbocycles. The molecule has 1 aromatic heterocycles. The van der Waals surface area contributed by atoms with Gasteiger partial charge < -0.3 is 20.3 Å². The summed E-state index contributed by atoms with van der Waals surface area (Å²) in [6.45, 7) is 2.16. The average Bonchev–Trinajstić information content (AvgIpc) is 2.70. The Labute approximate surface area is 170 Å². The fourth-order valence-electron chi connectivity index (χ4n) is 2.44. The van der Waals surface area contributed by atoms with Crippen LogP contribution in [-0.4, -0.2) is 42.1 Å². The monoisotopic (exact) mass is 397 g/mol. The Morgan fingerprint density at radius 3 is 2.50 bits per heavy atom. The molecule has 0 spiro atoms. The van der Waals surface area contributed by atoms with Gasteiger partial charge in [0.15, 0.2) is 5.82 Å². The average molecular weight is 398 g/mol. The van der Waals surface area contributed by atoms with E-state index in [0.29, 0.717) is 29.9 Å². The van der Waals surface area contributed by atoms with Crippen LogP contribution in [0.1, 0.15) is 5.56 Å². The van der Waals surface area contributed by atoms with Crippen LogP contribution in [0.15, 0.2) is 60.8 Å². The quantitative estimate of drug-likeness (QED) is 0.557. The molecule has 0 aliphatic heterocycles. The van der Waals surface area contributed by atoms with Gasteiger partial charge in [0.25, 0.3) is 0 Å². The third-order valence-corrected chi connectivity index (χ3v) is 4.24. The van der Waals surface area contributed by atoms with E-state index in [1.807, 2.05) is 68.7 Å². The lowest BCUT2D eigenvalue weighted by molar-refractivity contribution is 0.261. The molecule has 3 rings (SSSR count). The number of hydrogen-bond donors (Lipinski definition) is 2. The maximum Gasteiger partial charge on any atom is 0.229 e. The summed E-state index contributed by atoms with van der Waals surface area (Å²) in [7, 11) is 4.04. The van der Waals surface area contributed by atoms with Crippen molar-refractivity contribution in [3.63, 3.8) is 0 Å². The Balaban J connectivity index is 1.59. The normalized spacial score (nSPS) is 10.7. The van der Waals surface area contributed by atoms with Gasteiger partial charge in [0.2, 0.25) is 5.95 Å². The van der Waals surface area contributed by atoms with Crippen molar-refractivity contribution in [3.8, 4) is 5.75 Å². The van der Waals surface area contributed by atoms with Gasteiger partial charge in [-0.3, -0.25) is 0 Å². The second-order valence-corrected chi connectivity index (χ2v) is 6.94. The third-order valence-electron chi connectivity index (χ3n) is 3.96. The number of ether oxygens (including phenoxy) is 1. The highest BCUT2D eigenvalue weighted by atomic mass is 35.5. The first-order chi connectivity index (χ1) is 13.6. The molecule has 0 unspecified atom stereocenters. The van der Waals surface area contributed by atoms with Gasteiger partial charge in [0.05, 0.1) is 6.20 Å². The summed E-state index contributed by atoms with van der Waals surface area (Å²) in [4.78, 5) is 10.8. The zero-order valence-electron chi connectivity index (χ0n) is 16.0. The molecule has 2 N–H and O–H groups in total. The topological polar surface area (TPSA) is 62.3 Å². The zero-order chi connectivity index (χ0) is 19.8. The van der Waals surface area contributed by atoms with E-state index in [9.17, 15) is 0 Å². The molecule has 0 atom stereocenters. The number of nitrogens with one attached hydrogen (secondary N) is 2. The van der Waals surface area contributed by atoms with E-state index in [4.69, 9.17) is 16.3 Å². The predicted molar refractivity (Wildman–Crippen MR) is 115 cm³/mol. The van der Waals surface area contributed by atoms with Crippen molar-refractivity contribution in [3.05, 3.63) is 71.4 Å². The molecular weight excluding hydrogens is 374 g/mol. The first-order valence-electron chi connectivity index (χ1n) is 9.05. The largest absolute Gasteiger partial charge is 0.492 e. The highest BCUT2D eigenvalue weighted by Gasteiger charge is 2.06. The molecule has 0 amide bonds. The van der Waals surface area contributed by atoms with E-state index in [2.05, 4.69) is 25.5 Å². The zero-order valence-corrected chi connectivity index (χ0v) is 16.8. The first kappa shape index (κ1) is 19.9. The minimum absolute atomic E-state index is 0.473.